The Morgan fingerprint density at radius 1 is 1.38 bits per heavy atom. The van der Waals surface area contributed by atoms with Crippen molar-refractivity contribution in [3.05, 3.63) is 34.9 Å². The highest BCUT2D eigenvalue weighted by Crippen LogP contribution is 2.21. The summed E-state index contributed by atoms with van der Waals surface area (Å²) in [7, 11) is 1.76. The maximum Gasteiger partial charge on any atom is 0.324 e. The maximum atomic E-state index is 12.2. The van der Waals surface area contributed by atoms with E-state index in [1.165, 1.54) is 0 Å². The third-order valence-electron chi connectivity index (χ3n) is 3.48. The third kappa shape index (κ3) is 4.57. The van der Waals surface area contributed by atoms with Gasteiger partial charge in [-0.15, -0.1) is 0 Å². The molecule has 1 unspecified atom stereocenters. The Kier molecular flexibility index (Phi) is 5.92. The van der Waals surface area contributed by atoms with E-state index in [0.717, 1.165) is 17.5 Å². The van der Waals surface area contributed by atoms with Gasteiger partial charge in [0.1, 0.15) is 12.6 Å². The van der Waals surface area contributed by atoms with Gasteiger partial charge in [0.15, 0.2) is 0 Å². The smallest absolute Gasteiger partial charge is 0.324 e. The molecule has 0 amide bonds. The lowest BCUT2D eigenvalue weighted by atomic mass is 9.87. The van der Waals surface area contributed by atoms with E-state index in [1.54, 1.807) is 13.1 Å². The molecule has 21 heavy (non-hydrogen) atoms. The zero-order chi connectivity index (χ0) is 16.0. The monoisotopic (exact) mass is 288 g/mol. The van der Waals surface area contributed by atoms with Crippen LogP contribution in [-0.2, 0) is 22.6 Å². The van der Waals surface area contributed by atoms with Crippen LogP contribution in [0.1, 0.15) is 44.4 Å². The fraction of sp³-hybridized carbons (Fsp3) is 0.529. The highest BCUT2D eigenvalue weighted by atomic mass is 16.5. The van der Waals surface area contributed by atoms with Gasteiger partial charge < -0.3 is 10.1 Å². The average Bonchev–Trinajstić information content (AvgIpc) is 2.44. The number of nitrogens with zero attached hydrogens (tertiary/aromatic N) is 1. The summed E-state index contributed by atoms with van der Waals surface area (Å²) in [4.78, 5) is 12.2. The summed E-state index contributed by atoms with van der Waals surface area (Å²) < 4.78 is 5.44. The second kappa shape index (κ2) is 7.24. The molecule has 1 aromatic rings. The van der Waals surface area contributed by atoms with Gasteiger partial charge in [-0.1, -0.05) is 33.8 Å². The van der Waals surface area contributed by atoms with Gasteiger partial charge in [0.2, 0.25) is 0 Å². The van der Waals surface area contributed by atoms with Gasteiger partial charge in [0, 0.05) is 0 Å². The minimum absolute atomic E-state index is 0.204. The van der Waals surface area contributed by atoms with Crippen molar-refractivity contribution in [2.45, 2.75) is 46.8 Å². The highest BCUT2D eigenvalue weighted by molar-refractivity contribution is 5.76. The SMILES string of the molecule is CCc1cc(C#N)ccc1COC(=O)C(NC)C(C)(C)C. The van der Waals surface area contributed by atoms with Crippen molar-refractivity contribution in [2.24, 2.45) is 5.41 Å². The van der Waals surface area contributed by atoms with Crippen LogP contribution in [0.2, 0.25) is 0 Å². The first-order valence-corrected chi connectivity index (χ1v) is 7.19. The normalized spacial score (nSPS) is 12.6. The molecule has 0 saturated carbocycles. The fourth-order valence-electron chi connectivity index (χ4n) is 2.30. The molecule has 0 radical (unpaired) electrons. The number of nitriles is 1. The van der Waals surface area contributed by atoms with Crippen LogP contribution in [0.5, 0.6) is 0 Å². The van der Waals surface area contributed by atoms with Crippen LogP contribution < -0.4 is 5.32 Å². The largest absolute Gasteiger partial charge is 0.460 e. The molecule has 0 spiro atoms. The number of benzene rings is 1. The quantitative estimate of drug-likeness (QED) is 0.846. The summed E-state index contributed by atoms with van der Waals surface area (Å²) in [5, 5.41) is 11.9. The number of likely N-dealkylation sites (N-methyl/N-ethyl adjacent to an activating group) is 1. The van der Waals surface area contributed by atoms with Crippen molar-refractivity contribution in [3.63, 3.8) is 0 Å². The Hall–Kier alpha value is -1.86. The van der Waals surface area contributed by atoms with Crippen LogP contribution in [0, 0.1) is 16.7 Å². The molecule has 0 aliphatic heterocycles. The number of hydrogen-bond donors (Lipinski definition) is 1. The second-order valence-electron chi connectivity index (χ2n) is 6.14. The topological polar surface area (TPSA) is 62.1 Å². The van der Waals surface area contributed by atoms with E-state index in [2.05, 4.69) is 11.4 Å². The van der Waals surface area contributed by atoms with Crippen LogP contribution in [-0.4, -0.2) is 19.1 Å². The first kappa shape index (κ1) is 17.2. The third-order valence-corrected chi connectivity index (χ3v) is 3.48. The molecular weight excluding hydrogens is 264 g/mol. The number of carbonyl (C=O) groups excluding carboxylic acids is 1. The molecule has 0 saturated heterocycles. The lowest BCUT2D eigenvalue weighted by Crippen LogP contribution is -2.45. The molecule has 1 atom stereocenters. The van der Waals surface area contributed by atoms with E-state index in [4.69, 9.17) is 10.00 Å². The summed E-state index contributed by atoms with van der Waals surface area (Å²) in [5.74, 6) is -0.253. The molecule has 0 heterocycles. The van der Waals surface area contributed by atoms with Crippen molar-refractivity contribution >= 4 is 5.97 Å². The van der Waals surface area contributed by atoms with Gasteiger partial charge in [-0.2, -0.15) is 5.26 Å². The number of carbonyl (C=O) groups is 1. The minimum atomic E-state index is -0.346. The van der Waals surface area contributed by atoms with Crippen molar-refractivity contribution in [1.82, 2.24) is 5.32 Å². The predicted octanol–water partition coefficient (Wildman–Crippen LogP) is 2.80. The summed E-state index contributed by atoms with van der Waals surface area (Å²) in [6, 6.07) is 7.24. The van der Waals surface area contributed by atoms with Gasteiger partial charge in [-0.25, -0.2) is 0 Å². The fourth-order valence-corrected chi connectivity index (χ4v) is 2.30. The molecule has 0 bridgehead atoms. The molecular formula is C17H24N2O2. The number of hydrogen-bond acceptors (Lipinski definition) is 4. The Morgan fingerprint density at radius 3 is 2.52 bits per heavy atom. The number of ether oxygens (including phenoxy) is 1. The van der Waals surface area contributed by atoms with Gasteiger partial charge >= 0.3 is 5.97 Å². The summed E-state index contributed by atoms with van der Waals surface area (Å²) in [5.41, 5.74) is 2.42. The van der Waals surface area contributed by atoms with Gasteiger partial charge in [-0.05, 0) is 42.1 Å². The molecule has 0 aromatic heterocycles. The first-order chi connectivity index (χ1) is 9.83. The summed E-state index contributed by atoms with van der Waals surface area (Å²) in [6.45, 7) is 8.24. The molecule has 0 aliphatic carbocycles. The van der Waals surface area contributed by atoms with E-state index in [9.17, 15) is 4.79 Å². The highest BCUT2D eigenvalue weighted by Gasteiger charge is 2.31. The number of esters is 1. The van der Waals surface area contributed by atoms with E-state index >= 15 is 0 Å². The average molecular weight is 288 g/mol. The molecule has 0 aliphatic rings. The Morgan fingerprint density at radius 2 is 2.05 bits per heavy atom. The van der Waals surface area contributed by atoms with Crippen molar-refractivity contribution in [1.29, 1.82) is 5.26 Å². The first-order valence-electron chi connectivity index (χ1n) is 7.19. The zero-order valence-corrected chi connectivity index (χ0v) is 13.5. The van der Waals surface area contributed by atoms with Crippen LogP contribution in [0.25, 0.3) is 0 Å². The van der Waals surface area contributed by atoms with Gasteiger partial charge in [-0.3, -0.25) is 4.79 Å². The van der Waals surface area contributed by atoms with Gasteiger partial charge in [0.25, 0.3) is 0 Å². The van der Waals surface area contributed by atoms with Crippen molar-refractivity contribution < 1.29 is 9.53 Å². The van der Waals surface area contributed by atoms with Crippen LogP contribution in [0.3, 0.4) is 0 Å². The minimum Gasteiger partial charge on any atom is -0.460 e. The van der Waals surface area contributed by atoms with E-state index in [1.807, 2.05) is 39.8 Å². The van der Waals surface area contributed by atoms with Gasteiger partial charge in [0.05, 0.1) is 11.6 Å². The summed E-state index contributed by atoms with van der Waals surface area (Å²) in [6.07, 6.45) is 0.803. The molecule has 0 fully saturated rings. The molecule has 4 nitrogen and oxygen atoms in total. The van der Waals surface area contributed by atoms with Crippen LogP contribution >= 0.6 is 0 Å². The molecule has 4 heteroatoms. The van der Waals surface area contributed by atoms with E-state index < -0.39 is 0 Å². The predicted molar refractivity (Wildman–Crippen MR) is 82.6 cm³/mol. The molecule has 1 N–H and O–H groups in total. The Labute approximate surface area is 127 Å². The number of nitrogens with one attached hydrogen (secondary N) is 1. The lowest BCUT2D eigenvalue weighted by Gasteiger charge is -2.28. The second-order valence-corrected chi connectivity index (χ2v) is 6.14. The zero-order valence-electron chi connectivity index (χ0n) is 13.5. The van der Waals surface area contributed by atoms with E-state index in [0.29, 0.717) is 5.56 Å². The lowest BCUT2D eigenvalue weighted by molar-refractivity contribution is -0.150. The maximum absolute atomic E-state index is 12.2. The van der Waals surface area contributed by atoms with Crippen molar-refractivity contribution in [3.8, 4) is 6.07 Å². The molecule has 114 valence electrons. The standard InChI is InChI=1S/C17H24N2O2/c1-6-13-9-12(10-18)7-8-14(13)11-21-16(20)15(19-5)17(2,3)4/h7-9,15,19H,6,11H2,1-5H3. The van der Waals surface area contributed by atoms with E-state index in [-0.39, 0.29) is 24.0 Å². The van der Waals surface area contributed by atoms with Crippen LogP contribution in [0.4, 0.5) is 0 Å². The number of rotatable bonds is 5. The van der Waals surface area contributed by atoms with Crippen molar-refractivity contribution in [2.75, 3.05) is 7.05 Å². The Balaban J connectivity index is 2.80. The Bertz CT molecular complexity index is 539. The molecule has 1 aromatic carbocycles. The molecule has 1 rings (SSSR count). The van der Waals surface area contributed by atoms with Crippen LogP contribution in [0.15, 0.2) is 18.2 Å². The summed E-state index contributed by atoms with van der Waals surface area (Å²) >= 11 is 0. The number of aryl methyl sites for hydroxylation is 1.